The zero-order valence-corrected chi connectivity index (χ0v) is 11.0. The van der Waals surface area contributed by atoms with Crippen LogP contribution in [0, 0.1) is 5.92 Å². The Labute approximate surface area is 112 Å². The van der Waals surface area contributed by atoms with Gasteiger partial charge in [-0.05, 0) is 18.9 Å². The number of nitrogens with zero attached hydrogens (tertiary/aromatic N) is 1. The molecular formula is C15H19N3O. The van der Waals surface area contributed by atoms with Gasteiger partial charge >= 0.3 is 0 Å². The Bertz CT molecular complexity index is 570. The molecule has 1 fully saturated rings. The number of hydrogen-bond donors (Lipinski definition) is 2. The highest BCUT2D eigenvalue weighted by molar-refractivity contribution is 5.82. The van der Waals surface area contributed by atoms with Crippen molar-refractivity contribution in [3.8, 4) is 0 Å². The Morgan fingerprint density at radius 1 is 1.26 bits per heavy atom. The zero-order valence-electron chi connectivity index (χ0n) is 11.0. The van der Waals surface area contributed by atoms with Crippen molar-refractivity contribution in [3.05, 3.63) is 30.0 Å². The van der Waals surface area contributed by atoms with Gasteiger partial charge in [-0.25, -0.2) is 0 Å². The summed E-state index contributed by atoms with van der Waals surface area (Å²) < 4.78 is 0. The quantitative estimate of drug-likeness (QED) is 0.888. The number of carbonyl (C=O) groups excluding carboxylic acids is 1. The molecule has 100 valence electrons. The van der Waals surface area contributed by atoms with E-state index in [1.165, 1.54) is 19.3 Å². The molecule has 4 nitrogen and oxygen atoms in total. The summed E-state index contributed by atoms with van der Waals surface area (Å²) in [4.78, 5) is 12.1. The fraction of sp³-hybridized carbons (Fsp3) is 0.467. The molecule has 0 spiro atoms. The smallest absolute Gasteiger partial charge is 0.223 e. The Balaban J connectivity index is 1.64. The van der Waals surface area contributed by atoms with E-state index < -0.39 is 0 Å². The van der Waals surface area contributed by atoms with E-state index in [-0.39, 0.29) is 11.8 Å². The van der Waals surface area contributed by atoms with Crippen LogP contribution in [0.15, 0.2) is 24.3 Å². The molecule has 1 aromatic carbocycles. The van der Waals surface area contributed by atoms with E-state index >= 15 is 0 Å². The van der Waals surface area contributed by atoms with Crippen molar-refractivity contribution in [1.82, 2.24) is 15.5 Å². The number of para-hydroxylation sites is 1. The Hall–Kier alpha value is -1.84. The summed E-state index contributed by atoms with van der Waals surface area (Å²) in [6.45, 7) is 0.538. The molecule has 1 aliphatic rings. The summed E-state index contributed by atoms with van der Waals surface area (Å²) >= 11 is 0. The van der Waals surface area contributed by atoms with E-state index in [1.54, 1.807) is 0 Å². The average molecular weight is 257 g/mol. The first kappa shape index (κ1) is 12.2. The molecule has 19 heavy (non-hydrogen) atoms. The number of amides is 1. The molecule has 2 aromatic rings. The van der Waals surface area contributed by atoms with Gasteiger partial charge in [0.15, 0.2) is 0 Å². The molecule has 1 heterocycles. The van der Waals surface area contributed by atoms with Crippen LogP contribution < -0.4 is 5.32 Å². The molecule has 0 unspecified atom stereocenters. The number of carbonyl (C=O) groups is 1. The van der Waals surface area contributed by atoms with E-state index in [4.69, 9.17) is 0 Å². The van der Waals surface area contributed by atoms with Gasteiger partial charge in [-0.2, -0.15) is 5.10 Å². The lowest BCUT2D eigenvalue weighted by Crippen LogP contribution is -2.31. The lowest BCUT2D eigenvalue weighted by atomic mass is 9.89. The number of rotatable bonds is 3. The highest BCUT2D eigenvalue weighted by Crippen LogP contribution is 2.23. The Morgan fingerprint density at radius 3 is 2.89 bits per heavy atom. The minimum atomic E-state index is 0.193. The van der Waals surface area contributed by atoms with Crippen molar-refractivity contribution in [2.45, 2.75) is 38.6 Å². The van der Waals surface area contributed by atoms with E-state index in [0.717, 1.165) is 29.4 Å². The van der Waals surface area contributed by atoms with Gasteiger partial charge in [0.25, 0.3) is 0 Å². The molecule has 0 saturated heterocycles. The van der Waals surface area contributed by atoms with E-state index in [2.05, 4.69) is 15.5 Å². The van der Waals surface area contributed by atoms with Crippen LogP contribution in [-0.2, 0) is 11.3 Å². The normalized spacial score (nSPS) is 16.6. The van der Waals surface area contributed by atoms with Crippen LogP contribution in [0.2, 0.25) is 0 Å². The van der Waals surface area contributed by atoms with Gasteiger partial charge in [0.05, 0.1) is 17.8 Å². The van der Waals surface area contributed by atoms with Gasteiger partial charge < -0.3 is 5.32 Å². The average Bonchev–Trinajstić information content (AvgIpc) is 2.89. The molecule has 4 heteroatoms. The first-order chi connectivity index (χ1) is 9.34. The molecule has 1 aromatic heterocycles. The summed E-state index contributed by atoms with van der Waals surface area (Å²) in [6, 6.07) is 7.96. The second-order valence-corrected chi connectivity index (χ2v) is 5.27. The Kier molecular flexibility index (Phi) is 3.49. The predicted molar refractivity (Wildman–Crippen MR) is 74.5 cm³/mol. The Morgan fingerprint density at radius 2 is 2.05 bits per heavy atom. The summed E-state index contributed by atoms with van der Waals surface area (Å²) in [6.07, 6.45) is 5.72. The van der Waals surface area contributed by atoms with Crippen molar-refractivity contribution in [1.29, 1.82) is 0 Å². The van der Waals surface area contributed by atoms with E-state index in [0.29, 0.717) is 6.54 Å². The van der Waals surface area contributed by atoms with Crippen LogP contribution in [0.1, 0.15) is 37.8 Å². The molecule has 1 aliphatic carbocycles. The second kappa shape index (κ2) is 5.43. The van der Waals surface area contributed by atoms with Gasteiger partial charge in [-0.15, -0.1) is 0 Å². The third-order valence-electron chi connectivity index (χ3n) is 3.96. The van der Waals surface area contributed by atoms with Crippen molar-refractivity contribution in [3.63, 3.8) is 0 Å². The number of benzene rings is 1. The maximum Gasteiger partial charge on any atom is 0.223 e. The monoisotopic (exact) mass is 257 g/mol. The topological polar surface area (TPSA) is 57.8 Å². The van der Waals surface area contributed by atoms with E-state index in [1.807, 2.05) is 24.3 Å². The van der Waals surface area contributed by atoms with Crippen molar-refractivity contribution in [2.24, 2.45) is 5.92 Å². The first-order valence-electron chi connectivity index (χ1n) is 7.04. The molecule has 0 bridgehead atoms. The van der Waals surface area contributed by atoms with Crippen LogP contribution in [0.3, 0.4) is 0 Å². The van der Waals surface area contributed by atoms with Crippen LogP contribution in [0.5, 0.6) is 0 Å². The number of aromatic nitrogens is 2. The van der Waals surface area contributed by atoms with Crippen LogP contribution >= 0.6 is 0 Å². The number of aromatic amines is 1. The van der Waals surface area contributed by atoms with Crippen LogP contribution in [-0.4, -0.2) is 16.1 Å². The summed E-state index contributed by atoms with van der Waals surface area (Å²) in [7, 11) is 0. The van der Waals surface area contributed by atoms with Gasteiger partial charge in [0, 0.05) is 11.3 Å². The minimum Gasteiger partial charge on any atom is -0.350 e. The maximum atomic E-state index is 12.1. The van der Waals surface area contributed by atoms with Crippen LogP contribution in [0.25, 0.3) is 10.9 Å². The third-order valence-corrected chi connectivity index (χ3v) is 3.96. The number of nitrogens with one attached hydrogen (secondary N) is 2. The zero-order chi connectivity index (χ0) is 13.1. The van der Waals surface area contributed by atoms with Gasteiger partial charge in [-0.3, -0.25) is 9.89 Å². The molecule has 1 amide bonds. The molecule has 0 aliphatic heterocycles. The second-order valence-electron chi connectivity index (χ2n) is 5.27. The highest BCUT2D eigenvalue weighted by Gasteiger charge is 2.20. The molecule has 1 saturated carbocycles. The van der Waals surface area contributed by atoms with E-state index in [9.17, 15) is 4.79 Å². The summed E-state index contributed by atoms with van der Waals surface area (Å²) in [5.74, 6) is 0.404. The number of H-pyrrole nitrogens is 1. The number of hydrogen-bond acceptors (Lipinski definition) is 2. The lowest BCUT2D eigenvalue weighted by molar-refractivity contribution is -0.126. The molecule has 0 radical (unpaired) electrons. The van der Waals surface area contributed by atoms with Crippen molar-refractivity contribution in [2.75, 3.05) is 0 Å². The summed E-state index contributed by atoms with van der Waals surface area (Å²) in [5.41, 5.74) is 1.93. The third kappa shape index (κ3) is 2.62. The molecular weight excluding hydrogens is 238 g/mol. The maximum absolute atomic E-state index is 12.1. The molecule has 3 rings (SSSR count). The largest absolute Gasteiger partial charge is 0.350 e. The molecule has 0 atom stereocenters. The minimum absolute atomic E-state index is 0.193. The predicted octanol–water partition coefficient (Wildman–Crippen LogP) is 2.76. The SMILES string of the molecule is O=C(NCc1[nH]nc2ccccc12)C1CCCCC1. The van der Waals surface area contributed by atoms with Gasteiger partial charge in [0.2, 0.25) is 5.91 Å². The van der Waals surface area contributed by atoms with Crippen molar-refractivity contribution >= 4 is 16.8 Å². The van der Waals surface area contributed by atoms with Gasteiger partial charge in [0.1, 0.15) is 0 Å². The highest BCUT2D eigenvalue weighted by atomic mass is 16.1. The standard InChI is InChI=1S/C15H19N3O/c19-15(11-6-2-1-3-7-11)16-10-14-12-8-4-5-9-13(12)17-18-14/h4-5,8-9,11H,1-3,6-7,10H2,(H,16,19)(H,17,18). The summed E-state index contributed by atoms with van der Waals surface area (Å²) in [5, 5.41) is 11.4. The van der Waals surface area contributed by atoms with Gasteiger partial charge in [-0.1, -0.05) is 37.5 Å². The molecule has 2 N–H and O–H groups in total. The first-order valence-corrected chi connectivity index (χ1v) is 7.04. The van der Waals surface area contributed by atoms with Crippen LogP contribution in [0.4, 0.5) is 0 Å². The number of fused-ring (bicyclic) bond motifs is 1. The fourth-order valence-electron chi connectivity index (χ4n) is 2.83. The van der Waals surface area contributed by atoms with Crippen molar-refractivity contribution < 1.29 is 4.79 Å². The fourth-order valence-corrected chi connectivity index (χ4v) is 2.83. The lowest BCUT2D eigenvalue weighted by Gasteiger charge is -2.20.